The van der Waals surface area contributed by atoms with Gasteiger partial charge in [0.2, 0.25) is 0 Å². The van der Waals surface area contributed by atoms with Crippen LogP contribution < -0.4 is 0 Å². The van der Waals surface area contributed by atoms with Crippen molar-refractivity contribution in [3.63, 3.8) is 0 Å². The number of fused-ring (bicyclic) bond motifs is 1. The number of nitrogens with zero attached hydrogens (tertiary/aromatic N) is 3. The Morgan fingerprint density at radius 1 is 1.00 bits per heavy atom. The van der Waals surface area contributed by atoms with Crippen LogP contribution >= 0.6 is 11.6 Å². The summed E-state index contributed by atoms with van der Waals surface area (Å²) in [5.41, 5.74) is 3.49. The highest BCUT2D eigenvalue weighted by molar-refractivity contribution is 6.30. The smallest absolute Gasteiger partial charge is 0.377 e. The van der Waals surface area contributed by atoms with Crippen molar-refractivity contribution in [2.24, 2.45) is 0 Å². The predicted molar refractivity (Wildman–Crippen MR) is 151 cm³/mol. The molecule has 0 fully saturated rings. The van der Waals surface area contributed by atoms with Gasteiger partial charge in [-0.05, 0) is 70.8 Å². The number of benzene rings is 3. The Hall–Kier alpha value is -4.73. The van der Waals surface area contributed by atoms with Gasteiger partial charge in [-0.1, -0.05) is 48.0 Å². The first-order valence-electron chi connectivity index (χ1n) is 12.6. The van der Waals surface area contributed by atoms with Crippen LogP contribution in [-0.2, 0) is 27.3 Å². The number of carbonyl (C=O) groups is 2. The first-order chi connectivity index (χ1) is 19.8. The Labute approximate surface area is 240 Å². The number of hydrogen-bond acceptors (Lipinski definition) is 7. The topological polar surface area (TPSA) is 93.4 Å². The summed E-state index contributed by atoms with van der Waals surface area (Å²) in [7, 11) is 1.23. The van der Waals surface area contributed by atoms with E-state index in [4.69, 9.17) is 21.2 Å². The van der Waals surface area contributed by atoms with Crippen LogP contribution in [0.1, 0.15) is 21.6 Å². The molecule has 5 aromatic rings. The molecule has 0 aliphatic heterocycles. The second-order valence-corrected chi connectivity index (χ2v) is 9.74. The normalized spacial score (nSPS) is 11.9. The van der Waals surface area contributed by atoms with Crippen molar-refractivity contribution in [2.45, 2.75) is 19.0 Å². The third-order valence-electron chi connectivity index (χ3n) is 6.46. The fourth-order valence-corrected chi connectivity index (χ4v) is 4.50. The fourth-order valence-electron chi connectivity index (χ4n) is 4.37. The molecule has 2 heterocycles. The molecule has 0 radical (unpaired) electrons. The van der Waals surface area contributed by atoms with Gasteiger partial charge in [-0.3, -0.25) is 4.79 Å². The molecular formula is C31H25ClFN3O5. The lowest BCUT2D eigenvalue weighted by molar-refractivity contribution is -0.177. The van der Waals surface area contributed by atoms with Gasteiger partial charge in [-0.25, -0.2) is 14.2 Å². The molecule has 0 aliphatic rings. The molecule has 0 saturated heterocycles. The molecule has 5 rings (SSSR count). The third kappa shape index (κ3) is 6.71. The summed E-state index contributed by atoms with van der Waals surface area (Å²) in [5, 5.41) is 11.4. The number of aromatic hydroxyl groups is 1. The van der Waals surface area contributed by atoms with Crippen molar-refractivity contribution < 1.29 is 28.7 Å². The van der Waals surface area contributed by atoms with Crippen LogP contribution in [0.5, 0.6) is 5.75 Å². The van der Waals surface area contributed by atoms with Crippen LogP contribution in [0.15, 0.2) is 97.3 Å². The number of phenols is 1. The minimum absolute atomic E-state index is 0.00995. The van der Waals surface area contributed by atoms with Gasteiger partial charge in [0.1, 0.15) is 23.3 Å². The molecule has 0 aliphatic carbocycles. The van der Waals surface area contributed by atoms with Crippen molar-refractivity contribution in [2.75, 3.05) is 7.11 Å². The number of imidazole rings is 1. The van der Waals surface area contributed by atoms with Crippen LogP contribution in [0.4, 0.5) is 4.39 Å². The summed E-state index contributed by atoms with van der Waals surface area (Å²) >= 11 is 6.01. The van der Waals surface area contributed by atoms with Crippen LogP contribution in [-0.4, -0.2) is 44.6 Å². The van der Waals surface area contributed by atoms with E-state index in [9.17, 15) is 19.1 Å². The van der Waals surface area contributed by atoms with Gasteiger partial charge >= 0.3 is 11.9 Å². The Morgan fingerprint density at radius 3 is 2.46 bits per heavy atom. The lowest BCUT2D eigenvalue weighted by Crippen LogP contribution is -2.44. The molecule has 0 bridgehead atoms. The highest BCUT2D eigenvalue weighted by Crippen LogP contribution is 2.24. The second-order valence-electron chi connectivity index (χ2n) is 9.31. The second kappa shape index (κ2) is 12.2. The number of hydrogen-bond donors (Lipinski definition) is 1. The number of hydroxylamine groups is 2. The summed E-state index contributed by atoms with van der Waals surface area (Å²) in [6.45, 7) is -0.102. The first kappa shape index (κ1) is 27.8. The van der Waals surface area contributed by atoms with Gasteiger partial charge in [0.25, 0.3) is 0 Å². The van der Waals surface area contributed by atoms with Gasteiger partial charge in [-0.15, -0.1) is 5.06 Å². The Bertz CT molecular complexity index is 1690. The molecular weight excluding hydrogens is 549 g/mol. The Kier molecular flexibility index (Phi) is 8.28. The van der Waals surface area contributed by atoms with Crippen LogP contribution in [0.3, 0.4) is 0 Å². The Balaban J connectivity index is 1.44. The summed E-state index contributed by atoms with van der Waals surface area (Å²) in [6.07, 6.45) is 3.39. The number of phenolic OH excluding ortho intramolecular Hbond substituents is 1. The van der Waals surface area contributed by atoms with Crippen LogP contribution in [0.2, 0.25) is 5.02 Å². The zero-order valence-electron chi connectivity index (χ0n) is 21.9. The SMILES string of the molecule is COC(=O)[C@H](Cc1ccc(O)cc1)N(Cc1cccc(F)c1)OC(=O)c1cn2ccc(-c3ccc(Cl)cc3)cc2n1. The summed E-state index contributed by atoms with van der Waals surface area (Å²) in [6, 6.07) is 22.0. The molecule has 0 amide bonds. The standard InChI is InChI=1S/C31H25ClFN3O5/c1-40-31(39)28(16-20-5-11-26(37)12-6-20)36(18-21-3-2-4-25(33)15-21)41-30(38)27-19-35-14-13-23(17-29(35)34-27)22-7-9-24(32)10-8-22/h2-15,17,19,28,37H,16,18H2,1H3/t28-/m0/s1. The van der Waals surface area contributed by atoms with Crippen molar-refractivity contribution in [3.8, 4) is 16.9 Å². The highest BCUT2D eigenvalue weighted by atomic mass is 35.5. The number of carbonyl (C=O) groups excluding carboxylic acids is 2. The number of methoxy groups -OCH3 is 1. The Morgan fingerprint density at radius 2 is 1.76 bits per heavy atom. The highest BCUT2D eigenvalue weighted by Gasteiger charge is 2.32. The fraction of sp³-hybridized carbons (Fsp3) is 0.129. The van der Waals surface area contributed by atoms with E-state index in [1.54, 1.807) is 40.9 Å². The molecule has 1 atom stereocenters. The monoisotopic (exact) mass is 573 g/mol. The van der Waals surface area contributed by atoms with Crippen molar-refractivity contribution in [3.05, 3.63) is 125 Å². The molecule has 10 heteroatoms. The van der Waals surface area contributed by atoms with Crippen LogP contribution in [0.25, 0.3) is 16.8 Å². The summed E-state index contributed by atoms with van der Waals surface area (Å²) in [5.74, 6) is -1.88. The maximum atomic E-state index is 14.0. The van der Waals surface area contributed by atoms with Crippen molar-refractivity contribution in [1.29, 1.82) is 0 Å². The average molecular weight is 574 g/mol. The van der Waals surface area contributed by atoms with E-state index in [-0.39, 0.29) is 24.4 Å². The quantitative estimate of drug-likeness (QED) is 0.174. The molecule has 208 valence electrons. The van der Waals surface area contributed by atoms with Gasteiger partial charge in [-0.2, -0.15) is 0 Å². The van der Waals surface area contributed by atoms with Gasteiger partial charge in [0.15, 0.2) is 5.69 Å². The molecule has 1 N–H and O–H groups in total. The van der Waals surface area contributed by atoms with E-state index in [2.05, 4.69) is 4.98 Å². The average Bonchev–Trinajstić information content (AvgIpc) is 3.40. The maximum absolute atomic E-state index is 14.0. The number of pyridine rings is 1. The maximum Gasteiger partial charge on any atom is 0.377 e. The van der Waals surface area contributed by atoms with E-state index < -0.39 is 23.8 Å². The van der Waals surface area contributed by atoms with E-state index >= 15 is 0 Å². The molecule has 2 aromatic heterocycles. The van der Waals surface area contributed by atoms with Crippen molar-refractivity contribution >= 4 is 29.2 Å². The predicted octanol–water partition coefficient (Wildman–Crippen LogP) is 5.86. The number of halogens is 2. The summed E-state index contributed by atoms with van der Waals surface area (Å²) in [4.78, 5) is 36.5. The molecule has 0 unspecified atom stereocenters. The number of ether oxygens (including phenoxy) is 1. The zero-order chi connectivity index (χ0) is 28.9. The number of esters is 1. The molecule has 0 spiro atoms. The minimum Gasteiger partial charge on any atom is -0.508 e. The number of rotatable bonds is 9. The van der Waals surface area contributed by atoms with Gasteiger partial charge < -0.3 is 19.1 Å². The molecule has 41 heavy (non-hydrogen) atoms. The van der Waals surface area contributed by atoms with E-state index in [1.165, 1.54) is 48.7 Å². The van der Waals surface area contributed by atoms with E-state index in [1.807, 2.05) is 24.3 Å². The summed E-state index contributed by atoms with van der Waals surface area (Å²) < 4.78 is 20.7. The third-order valence-corrected chi connectivity index (χ3v) is 6.71. The van der Waals surface area contributed by atoms with E-state index in [0.717, 1.165) is 11.1 Å². The largest absolute Gasteiger partial charge is 0.508 e. The minimum atomic E-state index is -1.08. The number of aromatic nitrogens is 2. The lowest BCUT2D eigenvalue weighted by atomic mass is 10.0. The first-order valence-corrected chi connectivity index (χ1v) is 13.0. The lowest BCUT2D eigenvalue weighted by Gasteiger charge is -2.28. The molecule has 8 nitrogen and oxygen atoms in total. The van der Waals surface area contributed by atoms with Gasteiger partial charge in [0.05, 0.1) is 13.7 Å². The van der Waals surface area contributed by atoms with Gasteiger partial charge in [0, 0.05) is 23.8 Å². The van der Waals surface area contributed by atoms with E-state index in [0.29, 0.717) is 21.8 Å². The molecule has 3 aromatic carbocycles. The van der Waals surface area contributed by atoms with Crippen molar-refractivity contribution in [1.82, 2.24) is 14.4 Å². The zero-order valence-corrected chi connectivity index (χ0v) is 22.7. The molecule has 0 saturated carbocycles. The van der Waals surface area contributed by atoms with Crippen LogP contribution in [0, 0.1) is 5.82 Å².